The van der Waals surface area contributed by atoms with Gasteiger partial charge in [0, 0.05) is 42.7 Å². The van der Waals surface area contributed by atoms with Crippen molar-refractivity contribution >= 4 is 16.7 Å². The largest absolute Gasteiger partial charge is 0.488 e. The Kier molecular flexibility index (Phi) is 7.21. The molecule has 1 atom stereocenters. The summed E-state index contributed by atoms with van der Waals surface area (Å²) in [4.78, 5) is 7.92. The number of pyridine rings is 2. The molecule has 0 aromatic carbocycles. The number of hydrogen-bond donors (Lipinski definition) is 3. The van der Waals surface area contributed by atoms with Crippen molar-refractivity contribution in [3.05, 3.63) is 48.7 Å². The molecule has 0 amide bonds. The summed E-state index contributed by atoms with van der Waals surface area (Å²) in [5.41, 5.74) is 1.29. The highest BCUT2D eigenvalue weighted by atomic mass is 19.4. The van der Waals surface area contributed by atoms with Gasteiger partial charge in [0.1, 0.15) is 11.5 Å². The van der Waals surface area contributed by atoms with Crippen LogP contribution >= 0.6 is 0 Å². The number of aliphatic hydroxyl groups is 2. The number of fused-ring (bicyclic) bond motifs is 1. The molecule has 10 nitrogen and oxygen atoms in total. The van der Waals surface area contributed by atoms with Crippen LogP contribution < -0.4 is 10.1 Å². The molecule has 13 heteroatoms. The van der Waals surface area contributed by atoms with Crippen molar-refractivity contribution in [2.24, 2.45) is 0 Å². The second-order valence-electron chi connectivity index (χ2n) is 9.31. The van der Waals surface area contributed by atoms with Gasteiger partial charge in [-0.2, -0.15) is 23.4 Å². The van der Waals surface area contributed by atoms with Gasteiger partial charge in [-0.1, -0.05) is 0 Å². The van der Waals surface area contributed by atoms with E-state index >= 15 is 0 Å². The lowest BCUT2D eigenvalue weighted by Gasteiger charge is -2.30. The van der Waals surface area contributed by atoms with Crippen molar-refractivity contribution in [1.29, 1.82) is 0 Å². The first kappa shape index (κ1) is 25.9. The normalized spacial score (nSPS) is 19.0. The molecule has 1 fully saturated rings. The first-order chi connectivity index (χ1) is 18.3. The number of alkyl halides is 3. The predicted octanol–water partition coefficient (Wildman–Crippen LogP) is 3.67. The number of ether oxygens (including phenoxy) is 1. The van der Waals surface area contributed by atoms with Gasteiger partial charge in [0.15, 0.2) is 11.4 Å². The summed E-state index contributed by atoms with van der Waals surface area (Å²) < 4.78 is 49.2. The molecule has 1 unspecified atom stereocenters. The lowest BCUT2D eigenvalue weighted by molar-refractivity contribution is -0.143. The van der Waals surface area contributed by atoms with E-state index < -0.39 is 18.0 Å². The second kappa shape index (κ2) is 10.6. The van der Waals surface area contributed by atoms with Crippen LogP contribution in [-0.2, 0) is 12.7 Å². The van der Waals surface area contributed by atoms with Crippen LogP contribution in [0.4, 0.5) is 19.0 Å². The second-order valence-corrected chi connectivity index (χ2v) is 9.31. The fraction of sp³-hybridized carbons (Fsp3) is 0.440. The highest BCUT2D eigenvalue weighted by molar-refractivity contribution is 5.93. The third kappa shape index (κ3) is 5.29. The van der Waals surface area contributed by atoms with Crippen molar-refractivity contribution in [2.75, 3.05) is 19.0 Å². The van der Waals surface area contributed by atoms with Crippen molar-refractivity contribution in [2.45, 2.75) is 56.7 Å². The van der Waals surface area contributed by atoms with E-state index in [-0.39, 0.29) is 31.0 Å². The Hall–Kier alpha value is -3.71. The Bertz CT molecular complexity index is 1400. The number of halogens is 3. The number of anilines is 1. The fourth-order valence-electron chi connectivity index (χ4n) is 4.81. The first-order valence-corrected chi connectivity index (χ1v) is 12.3. The van der Waals surface area contributed by atoms with E-state index in [2.05, 4.69) is 20.4 Å². The van der Waals surface area contributed by atoms with Crippen molar-refractivity contribution in [1.82, 2.24) is 29.5 Å². The minimum Gasteiger partial charge on any atom is -0.488 e. The first-order valence-electron chi connectivity index (χ1n) is 12.3. The highest BCUT2D eigenvalue weighted by Gasteiger charge is 2.37. The predicted molar refractivity (Wildman–Crippen MR) is 133 cm³/mol. The van der Waals surface area contributed by atoms with Gasteiger partial charge in [-0.15, -0.1) is 0 Å². The molecule has 0 radical (unpaired) electrons. The number of aliphatic hydroxyl groups excluding tert-OH is 2. The molecule has 0 saturated heterocycles. The third-order valence-corrected chi connectivity index (χ3v) is 6.69. The van der Waals surface area contributed by atoms with Crippen molar-refractivity contribution < 1.29 is 28.1 Å². The Labute approximate surface area is 216 Å². The van der Waals surface area contributed by atoms with Crippen LogP contribution in [0.15, 0.2) is 43.0 Å². The number of hydrogen-bond acceptors (Lipinski definition) is 8. The average molecular weight is 532 g/mol. The van der Waals surface area contributed by atoms with Gasteiger partial charge in [0.2, 0.25) is 0 Å². The number of rotatable bonds is 8. The van der Waals surface area contributed by atoms with Crippen molar-refractivity contribution in [3.63, 3.8) is 0 Å². The lowest BCUT2D eigenvalue weighted by atomic mass is 9.93. The van der Waals surface area contributed by atoms with Crippen LogP contribution in [0.1, 0.15) is 37.4 Å². The summed E-state index contributed by atoms with van der Waals surface area (Å²) in [7, 11) is 1.78. The molecule has 4 aromatic heterocycles. The lowest BCUT2D eigenvalue weighted by Crippen LogP contribution is -2.27. The van der Waals surface area contributed by atoms with Crippen molar-refractivity contribution in [3.8, 4) is 17.0 Å². The molecule has 3 N–H and O–H groups in total. The van der Waals surface area contributed by atoms with Crippen LogP contribution in [-0.4, -0.2) is 65.6 Å². The summed E-state index contributed by atoms with van der Waals surface area (Å²) in [5, 5.41) is 31.9. The van der Waals surface area contributed by atoms with Gasteiger partial charge in [-0.05, 0) is 37.8 Å². The summed E-state index contributed by atoms with van der Waals surface area (Å²) in [6.45, 7) is -0.220. The number of nitrogens with zero attached hydrogens (tertiary/aromatic N) is 6. The molecular formula is C25H28F3N7O3. The molecule has 4 heterocycles. The van der Waals surface area contributed by atoms with Crippen LogP contribution in [0, 0.1) is 0 Å². The van der Waals surface area contributed by atoms with Crippen LogP contribution in [0.2, 0.25) is 0 Å². The number of nitrogens with one attached hydrogen (secondary N) is 1. The summed E-state index contributed by atoms with van der Waals surface area (Å²) >= 11 is 0. The smallest absolute Gasteiger partial charge is 0.437 e. The van der Waals surface area contributed by atoms with E-state index in [1.54, 1.807) is 30.3 Å². The molecule has 202 valence electrons. The minimum absolute atomic E-state index is 0.0143. The molecule has 1 aliphatic carbocycles. The highest BCUT2D eigenvalue weighted by Crippen LogP contribution is 2.39. The zero-order chi connectivity index (χ0) is 26.9. The van der Waals surface area contributed by atoms with E-state index in [4.69, 9.17) is 14.9 Å². The molecule has 1 aliphatic rings. The van der Waals surface area contributed by atoms with E-state index in [1.807, 2.05) is 10.7 Å². The summed E-state index contributed by atoms with van der Waals surface area (Å²) in [5.74, 6) is 0.434. The quantitative estimate of drug-likeness (QED) is 0.315. The van der Waals surface area contributed by atoms with E-state index in [0.29, 0.717) is 37.2 Å². The molecular weight excluding hydrogens is 503 g/mol. The fourth-order valence-corrected chi connectivity index (χ4v) is 4.81. The molecule has 4 aromatic rings. The Morgan fingerprint density at radius 2 is 1.97 bits per heavy atom. The van der Waals surface area contributed by atoms with Crippen LogP contribution in [0.25, 0.3) is 22.2 Å². The third-order valence-electron chi connectivity index (χ3n) is 6.69. The Balaban J connectivity index is 1.38. The maximum absolute atomic E-state index is 13.3. The van der Waals surface area contributed by atoms with Gasteiger partial charge >= 0.3 is 6.18 Å². The average Bonchev–Trinajstić information content (AvgIpc) is 3.53. The summed E-state index contributed by atoms with van der Waals surface area (Å²) in [6.07, 6.45) is 2.87. The zero-order valence-electron chi connectivity index (χ0n) is 20.6. The molecule has 1 saturated carbocycles. The van der Waals surface area contributed by atoms with Gasteiger partial charge < -0.3 is 20.3 Å². The molecule has 5 rings (SSSR count). The zero-order valence-corrected chi connectivity index (χ0v) is 20.6. The van der Waals surface area contributed by atoms with Crippen LogP contribution in [0.3, 0.4) is 0 Å². The molecule has 38 heavy (non-hydrogen) atoms. The SMILES string of the molecule is CNc1cc2c(cn1)c(-c1cnn(CC(O)CO)c1)nn2C1CCC(Oc2cccnc2C(F)(F)F)CC1. The van der Waals surface area contributed by atoms with Gasteiger partial charge in [-0.3, -0.25) is 9.36 Å². The molecule has 0 aliphatic heterocycles. The monoisotopic (exact) mass is 531 g/mol. The van der Waals surface area contributed by atoms with E-state index in [1.165, 1.54) is 12.1 Å². The molecule has 0 bridgehead atoms. The van der Waals surface area contributed by atoms with E-state index in [9.17, 15) is 18.3 Å². The van der Waals surface area contributed by atoms with Gasteiger partial charge in [0.25, 0.3) is 0 Å². The van der Waals surface area contributed by atoms with Crippen LogP contribution in [0.5, 0.6) is 5.75 Å². The molecule has 0 spiro atoms. The van der Waals surface area contributed by atoms with Gasteiger partial charge in [-0.25, -0.2) is 9.97 Å². The summed E-state index contributed by atoms with van der Waals surface area (Å²) in [6, 6.07) is 4.68. The maximum atomic E-state index is 13.3. The Morgan fingerprint density at radius 1 is 1.18 bits per heavy atom. The Morgan fingerprint density at radius 3 is 2.68 bits per heavy atom. The number of aromatic nitrogens is 6. The minimum atomic E-state index is -4.58. The maximum Gasteiger partial charge on any atom is 0.437 e. The topological polar surface area (TPSA) is 123 Å². The van der Waals surface area contributed by atoms with E-state index in [0.717, 1.165) is 22.7 Å². The standard InChI is InChI=1S/C25H28F3N7O3/c1-29-22-9-20-19(11-31-22)23(15-10-32-34(12-15)13-17(37)14-36)33-35(20)16-4-6-18(7-5-16)38-21-3-2-8-30-24(21)25(26,27)28/h2-3,8-12,16-18,36-37H,4-7,13-14H2,1H3,(H,29,31). The van der Waals surface area contributed by atoms with Gasteiger partial charge in [0.05, 0.1) is 43.1 Å².